The highest BCUT2D eigenvalue weighted by Crippen LogP contribution is 2.40. The number of carbonyl (C=O) groups is 1. The number of fused-ring (bicyclic) bond motifs is 2. The molecule has 0 unspecified atom stereocenters. The monoisotopic (exact) mass is 533 g/mol. The molecule has 40 heavy (non-hydrogen) atoms. The molecule has 0 spiro atoms. The zero-order valence-electron chi connectivity index (χ0n) is 22.4. The van der Waals surface area contributed by atoms with Crippen molar-refractivity contribution in [3.8, 4) is 0 Å². The summed E-state index contributed by atoms with van der Waals surface area (Å²) in [6.07, 6.45) is 4.05. The van der Waals surface area contributed by atoms with Gasteiger partial charge in [0.25, 0.3) is 5.91 Å². The maximum absolute atomic E-state index is 13.6. The summed E-state index contributed by atoms with van der Waals surface area (Å²) in [6, 6.07) is 17.9. The van der Waals surface area contributed by atoms with Gasteiger partial charge in [0, 0.05) is 48.5 Å². The van der Waals surface area contributed by atoms with Gasteiger partial charge in [-0.15, -0.1) is 0 Å². The number of nitrogens with zero attached hydrogens (tertiary/aromatic N) is 4. The Kier molecular flexibility index (Phi) is 6.37. The van der Waals surface area contributed by atoms with Gasteiger partial charge >= 0.3 is 0 Å². The van der Waals surface area contributed by atoms with E-state index in [1.54, 1.807) is 0 Å². The van der Waals surface area contributed by atoms with Crippen LogP contribution in [0, 0.1) is 6.92 Å². The van der Waals surface area contributed by atoms with Gasteiger partial charge in [-0.1, -0.05) is 30.3 Å². The molecule has 0 bridgehead atoms. The lowest BCUT2D eigenvalue weighted by atomic mass is 10.1. The number of para-hydroxylation sites is 1. The molecular weight excluding hydrogens is 502 g/mol. The van der Waals surface area contributed by atoms with Gasteiger partial charge in [0.05, 0.1) is 29.8 Å². The molecule has 1 saturated heterocycles. The van der Waals surface area contributed by atoms with Crippen LogP contribution in [-0.2, 0) is 11.3 Å². The average Bonchev–Trinajstić information content (AvgIpc) is 3.73. The van der Waals surface area contributed by atoms with Crippen LogP contribution >= 0.6 is 0 Å². The van der Waals surface area contributed by atoms with E-state index in [9.17, 15) is 4.79 Å². The first kappa shape index (κ1) is 24.7. The van der Waals surface area contributed by atoms with Crippen molar-refractivity contribution in [3.63, 3.8) is 0 Å². The molecule has 2 aromatic heterocycles. The second-order valence-electron chi connectivity index (χ2n) is 10.7. The van der Waals surface area contributed by atoms with E-state index < -0.39 is 0 Å². The van der Waals surface area contributed by atoms with Crippen LogP contribution in [0.5, 0.6) is 0 Å². The van der Waals surface area contributed by atoms with Crippen molar-refractivity contribution in [2.75, 3.05) is 36.9 Å². The SMILES string of the molecule is Cc1cccc2cnc(Nc3cc(C(=O)Nc4ccc(CN5CCOCC5)cc4)c4nc(C5CC5)[nH]c4c3)nc12. The van der Waals surface area contributed by atoms with Gasteiger partial charge in [0.15, 0.2) is 0 Å². The number of imidazole rings is 1. The molecule has 202 valence electrons. The molecule has 2 fully saturated rings. The molecule has 3 heterocycles. The number of amides is 1. The summed E-state index contributed by atoms with van der Waals surface area (Å²) in [5.41, 5.74) is 6.63. The third kappa shape index (κ3) is 5.13. The molecule has 1 aliphatic heterocycles. The number of carbonyl (C=O) groups excluding carboxylic acids is 1. The van der Waals surface area contributed by atoms with Crippen LogP contribution in [0.4, 0.5) is 17.3 Å². The summed E-state index contributed by atoms with van der Waals surface area (Å²) in [4.78, 5) is 33.5. The van der Waals surface area contributed by atoms with Crippen LogP contribution in [0.15, 0.2) is 60.8 Å². The van der Waals surface area contributed by atoms with Crippen molar-refractivity contribution < 1.29 is 9.53 Å². The topological polar surface area (TPSA) is 108 Å². The predicted octanol–water partition coefficient (Wildman–Crippen LogP) is 5.52. The molecule has 3 N–H and O–H groups in total. The van der Waals surface area contributed by atoms with Crippen LogP contribution in [0.1, 0.15) is 46.1 Å². The number of ether oxygens (including phenoxy) is 1. The van der Waals surface area contributed by atoms with Crippen LogP contribution in [0.3, 0.4) is 0 Å². The number of aromatic amines is 1. The normalized spacial score (nSPS) is 15.9. The first-order valence-corrected chi connectivity index (χ1v) is 13.8. The standard InChI is InChI=1S/C31H31N7O2/c1-19-3-2-4-22-17-32-31(37-27(19)22)34-24-15-25(28-26(16-24)35-29(36-28)21-7-8-21)30(39)33-23-9-5-20(6-10-23)18-38-11-13-40-14-12-38/h2-6,9-10,15-17,21H,7-8,11-14,18H2,1H3,(H,33,39)(H,35,36)(H,32,34,37). The van der Waals surface area contributed by atoms with Gasteiger partial charge in [-0.25, -0.2) is 15.0 Å². The summed E-state index contributed by atoms with van der Waals surface area (Å²) in [6.45, 7) is 6.34. The third-order valence-electron chi connectivity index (χ3n) is 7.60. The molecule has 1 amide bonds. The molecule has 9 nitrogen and oxygen atoms in total. The molecule has 1 saturated carbocycles. The van der Waals surface area contributed by atoms with E-state index in [1.807, 2.05) is 55.6 Å². The number of aromatic nitrogens is 4. The minimum Gasteiger partial charge on any atom is -0.379 e. The molecule has 2 aliphatic rings. The number of hydrogen-bond acceptors (Lipinski definition) is 7. The number of aryl methyl sites for hydroxylation is 1. The smallest absolute Gasteiger partial charge is 0.258 e. The van der Waals surface area contributed by atoms with Gasteiger partial charge in [-0.05, 0) is 55.2 Å². The van der Waals surface area contributed by atoms with E-state index in [2.05, 4.69) is 37.6 Å². The maximum atomic E-state index is 13.6. The highest BCUT2D eigenvalue weighted by Gasteiger charge is 2.28. The first-order chi connectivity index (χ1) is 19.6. The second kappa shape index (κ2) is 10.3. The molecular formula is C31H31N7O2. The molecule has 3 aromatic carbocycles. The van der Waals surface area contributed by atoms with E-state index in [1.165, 1.54) is 5.56 Å². The average molecular weight is 534 g/mol. The first-order valence-electron chi connectivity index (χ1n) is 13.8. The lowest BCUT2D eigenvalue weighted by molar-refractivity contribution is 0.0342. The van der Waals surface area contributed by atoms with Crippen molar-refractivity contribution in [3.05, 3.63) is 83.3 Å². The van der Waals surface area contributed by atoms with E-state index in [0.717, 1.165) is 84.9 Å². The zero-order valence-corrected chi connectivity index (χ0v) is 22.4. The number of hydrogen-bond donors (Lipinski definition) is 3. The number of nitrogens with one attached hydrogen (secondary N) is 3. The Morgan fingerprint density at radius 1 is 1.02 bits per heavy atom. The van der Waals surface area contributed by atoms with Crippen LogP contribution < -0.4 is 10.6 Å². The Hall–Kier alpha value is -4.34. The molecule has 0 atom stereocenters. The van der Waals surface area contributed by atoms with Gasteiger partial charge in [0.2, 0.25) is 5.95 Å². The van der Waals surface area contributed by atoms with Crippen LogP contribution in [-0.4, -0.2) is 57.0 Å². The molecule has 5 aromatic rings. The Morgan fingerprint density at radius 3 is 2.65 bits per heavy atom. The zero-order chi connectivity index (χ0) is 27.1. The Balaban J connectivity index is 1.16. The number of rotatable bonds is 7. The summed E-state index contributed by atoms with van der Waals surface area (Å²) in [7, 11) is 0. The fraction of sp³-hybridized carbons (Fsp3) is 0.290. The molecule has 1 aliphatic carbocycles. The largest absolute Gasteiger partial charge is 0.379 e. The van der Waals surface area contributed by atoms with Gasteiger partial charge < -0.3 is 20.4 Å². The van der Waals surface area contributed by atoms with Crippen molar-refractivity contribution in [2.24, 2.45) is 0 Å². The summed E-state index contributed by atoms with van der Waals surface area (Å²) in [5, 5.41) is 7.37. The maximum Gasteiger partial charge on any atom is 0.258 e. The van der Waals surface area contributed by atoms with E-state index in [-0.39, 0.29) is 5.91 Å². The molecule has 9 heteroatoms. The van der Waals surface area contributed by atoms with Gasteiger partial charge in [-0.3, -0.25) is 9.69 Å². The summed E-state index contributed by atoms with van der Waals surface area (Å²) in [5.74, 6) is 1.64. The van der Waals surface area contributed by atoms with E-state index >= 15 is 0 Å². The Morgan fingerprint density at radius 2 is 1.85 bits per heavy atom. The number of anilines is 3. The van der Waals surface area contributed by atoms with E-state index in [0.29, 0.717) is 22.9 Å². The molecule has 0 radical (unpaired) electrons. The minimum absolute atomic E-state index is 0.210. The Bertz CT molecular complexity index is 1700. The number of benzene rings is 3. The summed E-state index contributed by atoms with van der Waals surface area (Å²) < 4.78 is 5.45. The highest BCUT2D eigenvalue weighted by atomic mass is 16.5. The lowest BCUT2D eigenvalue weighted by Crippen LogP contribution is -2.35. The third-order valence-corrected chi connectivity index (χ3v) is 7.60. The second-order valence-corrected chi connectivity index (χ2v) is 10.7. The van der Waals surface area contributed by atoms with Crippen LogP contribution in [0.2, 0.25) is 0 Å². The van der Waals surface area contributed by atoms with Crippen molar-refractivity contribution in [2.45, 2.75) is 32.2 Å². The number of morpholine rings is 1. The van der Waals surface area contributed by atoms with Gasteiger partial charge in [-0.2, -0.15) is 0 Å². The van der Waals surface area contributed by atoms with Crippen molar-refractivity contribution in [1.29, 1.82) is 0 Å². The lowest BCUT2D eigenvalue weighted by Gasteiger charge is -2.26. The predicted molar refractivity (Wildman–Crippen MR) is 156 cm³/mol. The highest BCUT2D eigenvalue weighted by molar-refractivity contribution is 6.12. The minimum atomic E-state index is -0.210. The number of H-pyrrole nitrogens is 1. The van der Waals surface area contributed by atoms with Crippen molar-refractivity contribution >= 4 is 45.2 Å². The molecule has 7 rings (SSSR count). The fourth-order valence-corrected chi connectivity index (χ4v) is 5.23. The van der Waals surface area contributed by atoms with Gasteiger partial charge in [0.1, 0.15) is 11.3 Å². The van der Waals surface area contributed by atoms with E-state index in [4.69, 9.17) is 14.7 Å². The fourth-order valence-electron chi connectivity index (χ4n) is 5.23. The van der Waals surface area contributed by atoms with Crippen molar-refractivity contribution in [1.82, 2.24) is 24.8 Å². The summed E-state index contributed by atoms with van der Waals surface area (Å²) >= 11 is 0. The quantitative estimate of drug-likeness (QED) is 0.253. The Labute approximate surface area is 232 Å². The van der Waals surface area contributed by atoms with Crippen LogP contribution in [0.25, 0.3) is 21.9 Å².